The standard InChI is InChI=1S/C48H34N4/c1-3-31(2)36-30-43-46(34-20-12-6-13-21-34)41-27-26-39(50-41)44(32-16-8-4-9-17-32)37-24-25-38(49-37)45(33-18-10-5-11-19-33)40-28-29-42(51-40)47(48(36)52-43)35-22-14-7-15-23-35/h3-30,50,52H,1-2H2. The number of aromatic amines is 2. The Morgan fingerprint density at radius 2 is 0.846 bits per heavy atom. The van der Waals surface area contributed by atoms with E-state index in [1.165, 1.54) is 0 Å². The maximum absolute atomic E-state index is 5.41. The molecule has 2 aliphatic rings. The Hall–Kier alpha value is -7.04. The fourth-order valence-electron chi connectivity index (χ4n) is 7.28. The molecular formula is C48H34N4. The van der Waals surface area contributed by atoms with Gasteiger partial charge in [0.1, 0.15) is 0 Å². The highest BCUT2D eigenvalue weighted by Gasteiger charge is 2.21. The number of hydrogen-bond donors (Lipinski definition) is 2. The maximum atomic E-state index is 5.41. The molecule has 3 aromatic heterocycles. The lowest BCUT2D eigenvalue weighted by Crippen LogP contribution is -1.91. The van der Waals surface area contributed by atoms with Crippen LogP contribution in [0.15, 0.2) is 159 Å². The summed E-state index contributed by atoms with van der Waals surface area (Å²) in [5.41, 5.74) is 17.3. The molecule has 8 bridgehead atoms. The average molecular weight is 667 g/mol. The molecule has 4 aromatic carbocycles. The van der Waals surface area contributed by atoms with E-state index in [1.54, 1.807) is 0 Å². The quantitative estimate of drug-likeness (QED) is 0.174. The molecule has 52 heavy (non-hydrogen) atoms. The van der Waals surface area contributed by atoms with Crippen molar-refractivity contribution in [1.29, 1.82) is 0 Å². The first-order valence-electron chi connectivity index (χ1n) is 17.4. The molecule has 2 aliphatic heterocycles. The van der Waals surface area contributed by atoms with Gasteiger partial charge in [0.05, 0.1) is 28.3 Å². The Balaban J connectivity index is 1.53. The minimum atomic E-state index is 0.819. The van der Waals surface area contributed by atoms with Crippen LogP contribution in [-0.2, 0) is 0 Å². The summed E-state index contributed by atoms with van der Waals surface area (Å²) in [7, 11) is 0. The van der Waals surface area contributed by atoms with Crippen molar-refractivity contribution in [2.75, 3.05) is 0 Å². The van der Waals surface area contributed by atoms with E-state index in [2.05, 4.69) is 163 Å². The van der Waals surface area contributed by atoms with E-state index in [9.17, 15) is 0 Å². The molecule has 0 fully saturated rings. The molecular weight excluding hydrogens is 633 g/mol. The highest BCUT2D eigenvalue weighted by Crippen LogP contribution is 2.40. The summed E-state index contributed by atoms with van der Waals surface area (Å²) in [4.78, 5) is 18.5. The number of nitrogens with one attached hydrogen (secondary N) is 2. The van der Waals surface area contributed by atoms with E-state index in [0.29, 0.717) is 0 Å². The second kappa shape index (κ2) is 13.0. The van der Waals surface area contributed by atoms with Crippen molar-refractivity contribution in [2.45, 2.75) is 0 Å². The number of fused-ring (bicyclic) bond motifs is 8. The fourth-order valence-corrected chi connectivity index (χ4v) is 7.28. The van der Waals surface area contributed by atoms with Crippen LogP contribution in [0, 0.1) is 0 Å². The first kappa shape index (κ1) is 31.0. The van der Waals surface area contributed by atoms with Gasteiger partial charge in [0.25, 0.3) is 0 Å². The Kier molecular flexibility index (Phi) is 7.75. The number of allylic oxidation sites excluding steroid dienone is 2. The molecule has 0 saturated carbocycles. The lowest BCUT2D eigenvalue weighted by Gasteiger charge is -2.08. The SMILES string of the molecule is C=CC(=C)c1cc2[nH]c1c(-c1ccccc1)c1nc(c(-c3ccccc3)c3nc(c(-c4ccccc4)c4ccc([nH]4)c2-c2ccccc2)C=C3)C=C1. The van der Waals surface area contributed by atoms with Crippen molar-refractivity contribution in [3.8, 4) is 44.5 Å². The van der Waals surface area contributed by atoms with Crippen molar-refractivity contribution in [2.24, 2.45) is 0 Å². The normalized spacial score (nSPS) is 11.8. The number of nitrogens with zero attached hydrogens (tertiary/aromatic N) is 2. The summed E-state index contributed by atoms with van der Waals surface area (Å²) in [6, 6.07) is 48.4. The molecule has 246 valence electrons. The van der Waals surface area contributed by atoms with Gasteiger partial charge in [-0.2, -0.15) is 0 Å². The van der Waals surface area contributed by atoms with Gasteiger partial charge in [0, 0.05) is 44.4 Å². The van der Waals surface area contributed by atoms with E-state index in [1.807, 2.05) is 30.3 Å². The van der Waals surface area contributed by atoms with Crippen LogP contribution in [0.1, 0.15) is 28.3 Å². The van der Waals surface area contributed by atoms with Crippen LogP contribution in [0.3, 0.4) is 0 Å². The van der Waals surface area contributed by atoms with Crippen LogP contribution in [0.25, 0.3) is 96.5 Å². The zero-order valence-electron chi connectivity index (χ0n) is 28.5. The summed E-state index contributed by atoms with van der Waals surface area (Å²) in [6.07, 6.45) is 10.3. The molecule has 2 N–H and O–H groups in total. The van der Waals surface area contributed by atoms with Crippen LogP contribution in [0.5, 0.6) is 0 Å². The summed E-state index contributed by atoms with van der Waals surface area (Å²) >= 11 is 0. The predicted molar refractivity (Wildman–Crippen MR) is 220 cm³/mol. The van der Waals surface area contributed by atoms with Crippen LogP contribution >= 0.6 is 0 Å². The second-order valence-electron chi connectivity index (χ2n) is 12.9. The van der Waals surface area contributed by atoms with Crippen LogP contribution < -0.4 is 0 Å². The Bertz CT molecular complexity index is 2730. The van der Waals surface area contributed by atoms with Crippen molar-refractivity contribution in [3.05, 3.63) is 187 Å². The van der Waals surface area contributed by atoms with Gasteiger partial charge in [0.2, 0.25) is 0 Å². The minimum absolute atomic E-state index is 0.819. The number of hydrogen-bond acceptors (Lipinski definition) is 2. The van der Waals surface area contributed by atoms with Crippen LogP contribution in [0.2, 0.25) is 0 Å². The molecule has 7 aromatic rings. The first-order valence-corrected chi connectivity index (χ1v) is 17.4. The molecule has 0 atom stereocenters. The topological polar surface area (TPSA) is 57.4 Å². The zero-order valence-corrected chi connectivity index (χ0v) is 28.5. The van der Waals surface area contributed by atoms with E-state index in [4.69, 9.17) is 9.97 Å². The average Bonchev–Trinajstić information content (AvgIpc) is 4.03. The Labute approximate surface area is 302 Å². The van der Waals surface area contributed by atoms with Crippen LogP contribution in [-0.4, -0.2) is 19.9 Å². The second-order valence-corrected chi connectivity index (χ2v) is 12.9. The highest BCUT2D eigenvalue weighted by atomic mass is 14.8. The van der Waals surface area contributed by atoms with Gasteiger partial charge in [-0.3, -0.25) is 0 Å². The molecule has 9 rings (SSSR count). The van der Waals surface area contributed by atoms with E-state index >= 15 is 0 Å². The van der Waals surface area contributed by atoms with Gasteiger partial charge >= 0.3 is 0 Å². The summed E-state index contributed by atoms with van der Waals surface area (Å²) in [6.45, 7) is 8.58. The lowest BCUT2D eigenvalue weighted by atomic mass is 9.99. The molecule has 4 nitrogen and oxygen atoms in total. The summed E-state index contributed by atoms with van der Waals surface area (Å²) in [5.74, 6) is 0. The molecule has 4 heteroatoms. The van der Waals surface area contributed by atoms with Gasteiger partial charge in [0.15, 0.2) is 0 Å². The van der Waals surface area contributed by atoms with Crippen molar-refractivity contribution in [1.82, 2.24) is 19.9 Å². The van der Waals surface area contributed by atoms with E-state index in [0.717, 1.165) is 100 Å². The number of rotatable bonds is 6. The van der Waals surface area contributed by atoms with E-state index in [-0.39, 0.29) is 0 Å². The molecule has 0 spiro atoms. The summed E-state index contributed by atoms with van der Waals surface area (Å²) < 4.78 is 0. The van der Waals surface area contributed by atoms with Gasteiger partial charge < -0.3 is 9.97 Å². The predicted octanol–water partition coefficient (Wildman–Crippen LogP) is 12.5. The smallest absolute Gasteiger partial charge is 0.0738 e. The first-order chi connectivity index (χ1) is 25.7. The van der Waals surface area contributed by atoms with Crippen molar-refractivity contribution in [3.63, 3.8) is 0 Å². The number of H-pyrrole nitrogens is 2. The molecule has 5 heterocycles. The lowest BCUT2D eigenvalue weighted by molar-refractivity contribution is 1.28. The molecule has 0 aliphatic carbocycles. The van der Waals surface area contributed by atoms with Crippen LogP contribution in [0.4, 0.5) is 0 Å². The highest BCUT2D eigenvalue weighted by molar-refractivity contribution is 6.04. The third-order valence-corrected chi connectivity index (χ3v) is 9.71. The molecule has 0 amide bonds. The minimum Gasteiger partial charge on any atom is -0.354 e. The van der Waals surface area contributed by atoms with Crippen molar-refractivity contribution < 1.29 is 0 Å². The van der Waals surface area contributed by atoms with Gasteiger partial charge in [-0.25, -0.2) is 9.97 Å². The maximum Gasteiger partial charge on any atom is 0.0738 e. The number of benzene rings is 4. The third kappa shape index (κ3) is 5.44. The van der Waals surface area contributed by atoms with Gasteiger partial charge in [-0.1, -0.05) is 141 Å². The molecule has 0 saturated heterocycles. The fraction of sp³-hybridized carbons (Fsp3) is 0. The monoisotopic (exact) mass is 666 g/mol. The largest absolute Gasteiger partial charge is 0.354 e. The number of aromatic nitrogens is 4. The Morgan fingerprint density at radius 3 is 1.35 bits per heavy atom. The third-order valence-electron chi connectivity index (χ3n) is 9.71. The Morgan fingerprint density at radius 1 is 0.442 bits per heavy atom. The molecule has 0 unspecified atom stereocenters. The summed E-state index contributed by atoms with van der Waals surface area (Å²) in [5, 5.41) is 0. The van der Waals surface area contributed by atoms with E-state index < -0.39 is 0 Å². The van der Waals surface area contributed by atoms with Crippen molar-refractivity contribution >= 4 is 51.9 Å². The van der Waals surface area contributed by atoms with Gasteiger partial charge in [-0.05, 0) is 70.3 Å². The van der Waals surface area contributed by atoms with Gasteiger partial charge in [-0.15, -0.1) is 0 Å². The molecule has 0 radical (unpaired) electrons. The zero-order chi connectivity index (χ0) is 35.0.